The van der Waals surface area contributed by atoms with Gasteiger partial charge in [-0.1, -0.05) is 6.07 Å². The summed E-state index contributed by atoms with van der Waals surface area (Å²) in [4.78, 5) is 25.3. The number of aromatic nitrogens is 2. The Bertz CT molecular complexity index is 687. The zero-order valence-electron chi connectivity index (χ0n) is 14.4. The Hall–Kier alpha value is -2.67. The van der Waals surface area contributed by atoms with Gasteiger partial charge in [0.1, 0.15) is 11.5 Å². The van der Waals surface area contributed by atoms with E-state index >= 15 is 0 Å². The van der Waals surface area contributed by atoms with E-state index in [0.29, 0.717) is 18.8 Å². The highest BCUT2D eigenvalue weighted by Crippen LogP contribution is 2.19. The minimum atomic E-state index is -0.175. The van der Waals surface area contributed by atoms with Crippen molar-refractivity contribution in [1.29, 1.82) is 0 Å². The summed E-state index contributed by atoms with van der Waals surface area (Å²) in [6.07, 6.45) is 3.50. The van der Waals surface area contributed by atoms with Gasteiger partial charge in [-0.15, -0.1) is 0 Å². The fraction of sp³-hybridized carbons (Fsp3) is 0.389. The Kier molecular flexibility index (Phi) is 5.79. The summed E-state index contributed by atoms with van der Waals surface area (Å²) in [5.74, 6) is 0.834. The number of rotatable bonds is 6. The maximum absolute atomic E-state index is 12.1. The van der Waals surface area contributed by atoms with Crippen LogP contribution in [0.15, 0.2) is 42.7 Å². The Labute approximate surface area is 147 Å². The van der Waals surface area contributed by atoms with Gasteiger partial charge in [0.2, 0.25) is 0 Å². The van der Waals surface area contributed by atoms with Gasteiger partial charge >= 0.3 is 0 Å². The molecule has 0 aliphatic carbocycles. The van der Waals surface area contributed by atoms with E-state index in [1.165, 1.54) is 0 Å². The van der Waals surface area contributed by atoms with Crippen LogP contribution < -0.4 is 15.1 Å². The quantitative estimate of drug-likeness (QED) is 0.796. The second-order valence-electron chi connectivity index (χ2n) is 5.81. The summed E-state index contributed by atoms with van der Waals surface area (Å²) in [6, 6.07) is 9.76. The highest BCUT2D eigenvalue weighted by Gasteiger charge is 2.19. The van der Waals surface area contributed by atoms with Crippen molar-refractivity contribution >= 4 is 17.4 Å². The number of hydrogen-bond acceptors (Lipinski definition) is 6. The first-order chi connectivity index (χ1) is 12.3. The lowest BCUT2D eigenvalue weighted by atomic mass is 10.2. The fourth-order valence-corrected chi connectivity index (χ4v) is 2.83. The van der Waals surface area contributed by atoms with E-state index in [0.717, 1.165) is 37.7 Å². The van der Waals surface area contributed by atoms with E-state index in [-0.39, 0.29) is 5.91 Å². The van der Waals surface area contributed by atoms with E-state index in [4.69, 9.17) is 4.74 Å². The highest BCUT2D eigenvalue weighted by atomic mass is 16.5. The first-order valence-corrected chi connectivity index (χ1v) is 8.42. The van der Waals surface area contributed by atoms with E-state index in [1.54, 1.807) is 13.3 Å². The maximum Gasteiger partial charge on any atom is 0.270 e. The van der Waals surface area contributed by atoms with Gasteiger partial charge in [-0.3, -0.25) is 9.78 Å². The number of methoxy groups -OCH3 is 1. The van der Waals surface area contributed by atoms with Gasteiger partial charge in [0.05, 0.1) is 6.61 Å². The van der Waals surface area contributed by atoms with Crippen LogP contribution in [0.3, 0.4) is 0 Å². The van der Waals surface area contributed by atoms with Gasteiger partial charge in [-0.2, -0.15) is 0 Å². The Morgan fingerprint density at radius 2 is 1.92 bits per heavy atom. The van der Waals surface area contributed by atoms with Crippen molar-refractivity contribution in [3.05, 3.63) is 48.4 Å². The van der Waals surface area contributed by atoms with Crippen molar-refractivity contribution in [2.75, 3.05) is 56.2 Å². The van der Waals surface area contributed by atoms with E-state index in [1.807, 2.05) is 36.5 Å². The van der Waals surface area contributed by atoms with Crippen LogP contribution in [-0.4, -0.2) is 62.3 Å². The molecule has 1 N–H and O–H groups in total. The lowest BCUT2D eigenvalue weighted by Gasteiger charge is -2.36. The van der Waals surface area contributed by atoms with Crippen LogP contribution >= 0.6 is 0 Å². The number of hydrogen-bond donors (Lipinski definition) is 1. The van der Waals surface area contributed by atoms with Crippen LogP contribution in [0, 0.1) is 0 Å². The van der Waals surface area contributed by atoms with Crippen LogP contribution in [0.25, 0.3) is 0 Å². The summed E-state index contributed by atoms with van der Waals surface area (Å²) in [5.41, 5.74) is 1.45. The summed E-state index contributed by atoms with van der Waals surface area (Å²) in [6.45, 7) is 4.52. The third-order valence-electron chi connectivity index (χ3n) is 4.19. The smallest absolute Gasteiger partial charge is 0.270 e. The summed E-state index contributed by atoms with van der Waals surface area (Å²) >= 11 is 0. The van der Waals surface area contributed by atoms with E-state index in [2.05, 4.69) is 25.1 Å². The molecule has 0 bridgehead atoms. The van der Waals surface area contributed by atoms with Gasteiger partial charge in [0, 0.05) is 57.9 Å². The molecular formula is C18H23N5O2. The molecule has 0 spiro atoms. The predicted octanol–water partition coefficient (Wildman–Crippen LogP) is 1.18. The van der Waals surface area contributed by atoms with Crippen molar-refractivity contribution < 1.29 is 9.53 Å². The van der Waals surface area contributed by atoms with Crippen molar-refractivity contribution in [2.45, 2.75) is 0 Å². The molecule has 0 radical (unpaired) electrons. The number of anilines is 2. The number of carbonyl (C=O) groups excluding carboxylic acids is 1. The molecule has 3 rings (SSSR count). The second kappa shape index (κ2) is 8.43. The van der Waals surface area contributed by atoms with Crippen LogP contribution in [0.4, 0.5) is 11.5 Å². The lowest BCUT2D eigenvalue weighted by molar-refractivity contribution is 0.0932. The molecule has 1 saturated heterocycles. The molecule has 0 unspecified atom stereocenters. The van der Waals surface area contributed by atoms with Crippen molar-refractivity contribution in [1.82, 2.24) is 15.3 Å². The van der Waals surface area contributed by atoms with Gasteiger partial charge in [-0.05, 0) is 24.3 Å². The van der Waals surface area contributed by atoms with Crippen LogP contribution in [0.5, 0.6) is 0 Å². The normalized spacial score (nSPS) is 14.4. The monoisotopic (exact) mass is 341 g/mol. The number of ether oxygens (including phenoxy) is 1. The van der Waals surface area contributed by atoms with E-state index < -0.39 is 0 Å². The number of carbonyl (C=O) groups is 1. The molecule has 2 aromatic heterocycles. The SMILES string of the molecule is COCCNC(=O)c1cc(N2CCN(c3ccccn3)CC2)ccn1. The zero-order valence-corrected chi connectivity index (χ0v) is 14.4. The molecule has 7 nitrogen and oxygen atoms in total. The molecule has 0 atom stereocenters. The van der Waals surface area contributed by atoms with Crippen molar-refractivity contribution in [3.63, 3.8) is 0 Å². The lowest BCUT2D eigenvalue weighted by Crippen LogP contribution is -2.46. The largest absolute Gasteiger partial charge is 0.383 e. The average Bonchev–Trinajstić information content (AvgIpc) is 2.69. The Morgan fingerprint density at radius 3 is 2.64 bits per heavy atom. The van der Waals surface area contributed by atoms with Crippen LogP contribution in [0.2, 0.25) is 0 Å². The molecule has 3 heterocycles. The van der Waals surface area contributed by atoms with Gasteiger partial charge in [0.25, 0.3) is 5.91 Å². The number of piperazine rings is 1. The molecule has 1 aliphatic heterocycles. The first-order valence-electron chi connectivity index (χ1n) is 8.42. The van der Waals surface area contributed by atoms with Gasteiger partial charge in [0.15, 0.2) is 0 Å². The van der Waals surface area contributed by atoms with Gasteiger partial charge in [-0.25, -0.2) is 4.98 Å². The third kappa shape index (κ3) is 4.45. The molecule has 0 aromatic carbocycles. The standard InChI is InChI=1S/C18H23N5O2/c1-25-13-8-21-18(24)16-14-15(5-7-19-16)22-9-11-23(12-10-22)17-4-2-3-6-20-17/h2-7,14H,8-13H2,1H3,(H,21,24). The summed E-state index contributed by atoms with van der Waals surface area (Å²) in [7, 11) is 1.61. The summed E-state index contributed by atoms with van der Waals surface area (Å²) in [5, 5.41) is 2.80. The Balaban J connectivity index is 1.60. The van der Waals surface area contributed by atoms with Crippen LogP contribution in [0.1, 0.15) is 10.5 Å². The predicted molar refractivity (Wildman–Crippen MR) is 97.1 cm³/mol. The molecular weight excluding hydrogens is 318 g/mol. The number of nitrogens with one attached hydrogen (secondary N) is 1. The van der Waals surface area contributed by atoms with Crippen molar-refractivity contribution in [3.8, 4) is 0 Å². The number of pyridine rings is 2. The molecule has 1 aliphatic rings. The molecule has 132 valence electrons. The van der Waals surface area contributed by atoms with Crippen LogP contribution in [-0.2, 0) is 4.74 Å². The molecule has 1 amide bonds. The maximum atomic E-state index is 12.1. The molecule has 25 heavy (non-hydrogen) atoms. The van der Waals surface area contributed by atoms with E-state index in [9.17, 15) is 4.79 Å². The molecule has 1 fully saturated rings. The number of nitrogens with zero attached hydrogens (tertiary/aromatic N) is 4. The first kappa shape index (κ1) is 17.2. The average molecular weight is 341 g/mol. The zero-order chi connectivity index (χ0) is 17.5. The minimum absolute atomic E-state index is 0.175. The molecule has 7 heteroatoms. The topological polar surface area (TPSA) is 70.6 Å². The highest BCUT2D eigenvalue weighted by molar-refractivity contribution is 5.93. The Morgan fingerprint density at radius 1 is 1.12 bits per heavy atom. The second-order valence-corrected chi connectivity index (χ2v) is 5.81. The number of amides is 1. The minimum Gasteiger partial charge on any atom is -0.383 e. The third-order valence-corrected chi connectivity index (χ3v) is 4.19. The molecule has 0 saturated carbocycles. The fourth-order valence-electron chi connectivity index (χ4n) is 2.83. The van der Waals surface area contributed by atoms with Crippen molar-refractivity contribution in [2.24, 2.45) is 0 Å². The van der Waals surface area contributed by atoms with Gasteiger partial charge < -0.3 is 19.9 Å². The molecule has 2 aromatic rings. The summed E-state index contributed by atoms with van der Waals surface area (Å²) < 4.78 is 4.94.